The molecule has 0 amide bonds. The normalized spacial score (nSPS) is 12.2. The Hall–Kier alpha value is -6.23. The molecule has 6 heterocycles. The summed E-state index contributed by atoms with van der Waals surface area (Å²) in [5.74, 6) is 0.461. The van der Waals surface area contributed by atoms with Gasteiger partial charge in [-0.05, 0) is 58.4 Å². The van der Waals surface area contributed by atoms with E-state index in [1.54, 1.807) is 27.6 Å². The SMILES string of the molecule is CC(C)(CO)Cn1nc(-c2ccc3nc(OCC(F)(F)F)ccc3c2)c2c(N)ncnc21.CC(C)(CO)Cn1nc(I)c2c(N)ncnc21.OB(O)c1ccc2nc(OCC(F)(F)F)ccc2c1. The van der Waals surface area contributed by atoms with Crippen molar-refractivity contribution in [2.45, 2.75) is 53.1 Å². The lowest BCUT2D eigenvalue weighted by molar-refractivity contribution is -0.154. The number of nitrogens with zero attached hydrogens (tertiary/aromatic N) is 10. The summed E-state index contributed by atoms with van der Waals surface area (Å²) >= 11 is 2.11. The molecule has 0 fully saturated rings. The number of anilines is 2. The van der Waals surface area contributed by atoms with Crippen molar-refractivity contribution in [3.05, 3.63) is 77.0 Å². The minimum atomic E-state index is -4.44. The Balaban J connectivity index is 0.000000181. The van der Waals surface area contributed by atoms with Crippen LogP contribution in [0.2, 0.25) is 0 Å². The molecule has 360 valence electrons. The minimum Gasteiger partial charge on any atom is -0.468 e. The quantitative estimate of drug-likeness (QED) is 0.0503. The number of rotatable bonds is 12. The molecule has 8 rings (SSSR count). The van der Waals surface area contributed by atoms with Crippen LogP contribution in [0.3, 0.4) is 0 Å². The van der Waals surface area contributed by atoms with Crippen molar-refractivity contribution in [3.8, 4) is 23.0 Å². The average Bonchev–Trinajstić information content (AvgIpc) is 3.81. The molecule has 0 saturated heterocycles. The fourth-order valence-electron chi connectivity index (χ4n) is 6.36. The average molecular weight is 1060 g/mol. The Morgan fingerprint density at radius 2 is 1.10 bits per heavy atom. The van der Waals surface area contributed by atoms with Crippen LogP contribution in [0, 0.1) is 14.5 Å². The molecular weight excluding hydrogens is 1020 g/mol. The molecule has 0 unspecified atom stereocenters. The Kier molecular flexibility index (Phi) is 15.5. The van der Waals surface area contributed by atoms with E-state index in [0.29, 0.717) is 63.1 Å². The largest absolute Gasteiger partial charge is 0.488 e. The predicted octanol–water partition coefficient (Wildman–Crippen LogP) is 5.47. The molecule has 6 aromatic heterocycles. The van der Waals surface area contributed by atoms with Gasteiger partial charge in [-0.25, -0.2) is 39.3 Å². The molecule has 8 N–H and O–H groups in total. The predicted molar refractivity (Wildman–Crippen MR) is 249 cm³/mol. The van der Waals surface area contributed by atoms with Gasteiger partial charge >= 0.3 is 19.5 Å². The molecule has 0 aliphatic rings. The van der Waals surface area contributed by atoms with Gasteiger partial charge in [0.05, 0.1) is 34.9 Å². The van der Waals surface area contributed by atoms with Crippen molar-refractivity contribution >= 4 is 90.7 Å². The summed E-state index contributed by atoms with van der Waals surface area (Å²) in [5.41, 5.74) is 14.9. The van der Waals surface area contributed by atoms with E-state index >= 15 is 0 Å². The van der Waals surface area contributed by atoms with Crippen LogP contribution in [-0.2, 0) is 13.1 Å². The first kappa shape index (κ1) is 51.2. The number of fused-ring (bicyclic) bond motifs is 4. The highest BCUT2D eigenvalue weighted by molar-refractivity contribution is 14.1. The first-order chi connectivity index (χ1) is 31.9. The Labute approximate surface area is 396 Å². The second-order valence-electron chi connectivity index (χ2n) is 16.9. The number of aromatic nitrogens is 10. The molecular formula is C42H44BF6IN12O6. The third-order valence-corrected chi connectivity index (χ3v) is 10.5. The molecule has 0 aliphatic carbocycles. The standard InChI is InChI=1S/C21H21F3N6O2.C11H9BF3NO3.C10H14IN5O/c1-20(2,9-31)8-30-19-16(18(25)26-11-27-19)17(29-30)13-3-5-14-12(7-13)4-6-15(28-14)32-10-21(22,23)24;13-11(14,15)6-19-10-4-1-7-5-8(12(17)18)2-3-9(7)16-10;1-10(2,4-17)3-16-9-6(7(11)15-16)8(12)13-5-14-9/h3-7,11,31H,8-10H2,1-2H3,(H2,25,26,27);1-5,17-18H,6H2;5,17H,3-4H2,1-2H3,(H2,12,13,14). The number of aliphatic hydroxyl groups excluding tert-OH is 2. The Morgan fingerprint density at radius 3 is 1.60 bits per heavy atom. The molecule has 2 aromatic carbocycles. The van der Waals surface area contributed by atoms with E-state index in [1.165, 1.54) is 49.1 Å². The molecule has 18 nitrogen and oxygen atoms in total. The second-order valence-corrected chi connectivity index (χ2v) is 17.9. The first-order valence-electron chi connectivity index (χ1n) is 20.2. The number of pyridine rings is 2. The first-order valence-corrected chi connectivity index (χ1v) is 21.3. The van der Waals surface area contributed by atoms with Crippen molar-refractivity contribution in [2.24, 2.45) is 10.8 Å². The van der Waals surface area contributed by atoms with Gasteiger partial charge in [-0.15, -0.1) is 0 Å². The van der Waals surface area contributed by atoms with Crippen LogP contribution in [0.25, 0.3) is 55.1 Å². The third-order valence-electron chi connectivity index (χ3n) is 9.78. The summed E-state index contributed by atoms with van der Waals surface area (Å²) in [5, 5.41) is 48.6. The summed E-state index contributed by atoms with van der Waals surface area (Å²) in [4.78, 5) is 24.6. The number of ether oxygens (including phenoxy) is 2. The summed E-state index contributed by atoms with van der Waals surface area (Å²) in [6, 6.07) is 15.4. The Bertz CT molecular complexity index is 3050. The van der Waals surface area contributed by atoms with Crippen molar-refractivity contribution < 1.29 is 56.1 Å². The van der Waals surface area contributed by atoms with Crippen molar-refractivity contribution in [1.29, 1.82) is 0 Å². The fourth-order valence-corrected chi connectivity index (χ4v) is 7.14. The maximum absolute atomic E-state index is 12.4. The van der Waals surface area contributed by atoms with Crippen LogP contribution in [0.1, 0.15) is 27.7 Å². The van der Waals surface area contributed by atoms with Gasteiger partial charge in [-0.2, -0.15) is 36.5 Å². The topological polar surface area (TPSA) is 264 Å². The van der Waals surface area contributed by atoms with E-state index in [-0.39, 0.29) is 41.7 Å². The second kappa shape index (κ2) is 20.6. The summed E-state index contributed by atoms with van der Waals surface area (Å²) < 4.78 is 86.6. The number of halogens is 7. The van der Waals surface area contributed by atoms with Gasteiger partial charge in [-0.1, -0.05) is 45.9 Å². The number of nitrogens with two attached hydrogens (primary N) is 2. The summed E-state index contributed by atoms with van der Waals surface area (Å²) in [6.45, 7) is 5.99. The van der Waals surface area contributed by atoms with E-state index in [9.17, 15) is 36.6 Å². The van der Waals surface area contributed by atoms with E-state index in [4.69, 9.17) is 26.3 Å². The maximum atomic E-state index is 12.4. The fraction of sp³-hybridized carbons (Fsp3) is 0.333. The van der Waals surface area contributed by atoms with E-state index in [0.717, 1.165) is 14.7 Å². The van der Waals surface area contributed by atoms with Crippen LogP contribution in [0.15, 0.2) is 73.3 Å². The van der Waals surface area contributed by atoms with E-state index < -0.39 is 38.1 Å². The van der Waals surface area contributed by atoms with Crippen molar-refractivity contribution in [2.75, 3.05) is 37.9 Å². The zero-order valence-corrected chi connectivity index (χ0v) is 38.8. The van der Waals surface area contributed by atoms with Crippen LogP contribution in [0.5, 0.6) is 11.8 Å². The zero-order chi connectivity index (χ0) is 49.8. The molecule has 26 heteroatoms. The van der Waals surface area contributed by atoms with Gasteiger partial charge in [0.25, 0.3) is 0 Å². The summed E-state index contributed by atoms with van der Waals surface area (Å²) in [6.07, 6.45) is -6.06. The van der Waals surface area contributed by atoms with E-state index in [1.807, 2.05) is 33.8 Å². The number of hydrogen-bond acceptors (Lipinski definition) is 16. The van der Waals surface area contributed by atoms with Crippen LogP contribution in [-0.4, -0.2) is 116 Å². The van der Waals surface area contributed by atoms with Crippen LogP contribution in [0.4, 0.5) is 38.0 Å². The zero-order valence-electron chi connectivity index (χ0n) is 36.6. The molecule has 0 atom stereocenters. The van der Waals surface area contributed by atoms with Crippen LogP contribution >= 0.6 is 22.6 Å². The van der Waals surface area contributed by atoms with Crippen LogP contribution < -0.4 is 26.4 Å². The third kappa shape index (κ3) is 13.1. The van der Waals surface area contributed by atoms with Gasteiger partial charge < -0.3 is 41.2 Å². The van der Waals surface area contributed by atoms with E-state index in [2.05, 4.69) is 67.4 Å². The summed E-state index contributed by atoms with van der Waals surface area (Å²) in [7, 11) is -1.61. The number of aliphatic hydroxyl groups is 2. The monoisotopic (exact) mass is 1060 g/mol. The lowest BCUT2D eigenvalue weighted by atomic mass is 9.80. The minimum absolute atomic E-state index is 0.0371. The van der Waals surface area contributed by atoms with Gasteiger partial charge in [0, 0.05) is 52.5 Å². The molecule has 0 saturated carbocycles. The molecule has 0 bridgehead atoms. The number of alkyl halides is 6. The van der Waals surface area contributed by atoms with Gasteiger partial charge in [0.2, 0.25) is 11.8 Å². The highest BCUT2D eigenvalue weighted by atomic mass is 127. The number of hydrogen-bond donors (Lipinski definition) is 6. The maximum Gasteiger partial charge on any atom is 0.488 e. The molecule has 0 radical (unpaired) electrons. The smallest absolute Gasteiger partial charge is 0.468 e. The lowest BCUT2D eigenvalue weighted by Gasteiger charge is -2.21. The lowest BCUT2D eigenvalue weighted by Crippen LogP contribution is -2.29. The molecule has 0 spiro atoms. The number of benzene rings is 2. The highest BCUT2D eigenvalue weighted by Crippen LogP contribution is 2.34. The molecule has 0 aliphatic heterocycles. The van der Waals surface area contributed by atoms with Crippen molar-refractivity contribution in [1.82, 2.24) is 49.5 Å². The molecule has 8 aromatic rings. The van der Waals surface area contributed by atoms with Crippen molar-refractivity contribution in [3.63, 3.8) is 0 Å². The van der Waals surface area contributed by atoms with Gasteiger partial charge in [-0.3, -0.25) is 0 Å². The van der Waals surface area contributed by atoms with Gasteiger partial charge in [0.1, 0.15) is 33.7 Å². The highest BCUT2D eigenvalue weighted by Gasteiger charge is 2.30. The van der Waals surface area contributed by atoms with Gasteiger partial charge in [0.15, 0.2) is 24.5 Å². The Morgan fingerprint density at radius 1 is 0.632 bits per heavy atom. The molecule has 68 heavy (non-hydrogen) atoms. The number of nitrogen functional groups attached to an aromatic ring is 2.